The van der Waals surface area contributed by atoms with Gasteiger partial charge >= 0.3 is 0 Å². The third-order valence-corrected chi connectivity index (χ3v) is 3.56. The molecule has 0 aliphatic rings. The first-order valence-electron chi connectivity index (χ1n) is 6.80. The SMILES string of the molecule is CCNC(C)c1ccc(N(CC)C(C)C)c(Cl)c1. The fraction of sp³-hybridized carbons (Fsp3) is 0.600. The van der Waals surface area contributed by atoms with E-state index in [0.717, 1.165) is 23.8 Å². The molecule has 102 valence electrons. The molecule has 3 heteroatoms. The van der Waals surface area contributed by atoms with Crippen LogP contribution in [0.3, 0.4) is 0 Å². The van der Waals surface area contributed by atoms with Gasteiger partial charge in [0, 0.05) is 18.6 Å². The second-order valence-corrected chi connectivity index (χ2v) is 5.28. The summed E-state index contributed by atoms with van der Waals surface area (Å²) < 4.78 is 0. The zero-order valence-corrected chi connectivity index (χ0v) is 12.9. The Balaban J connectivity index is 2.98. The average Bonchev–Trinajstić information content (AvgIpc) is 2.31. The van der Waals surface area contributed by atoms with Crippen LogP contribution in [0.15, 0.2) is 18.2 Å². The molecule has 0 aliphatic carbocycles. The Morgan fingerprint density at radius 1 is 1.22 bits per heavy atom. The first-order valence-corrected chi connectivity index (χ1v) is 7.18. The maximum absolute atomic E-state index is 6.42. The average molecular weight is 269 g/mol. The first-order chi connectivity index (χ1) is 8.51. The molecule has 0 saturated heterocycles. The van der Waals surface area contributed by atoms with Crippen molar-refractivity contribution in [3.8, 4) is 0 Å². The van der Waals surface area contributed by atoms with Gasteiger partial charge in [0.25, 0.3) is 0 Å². The van der Waals surface area contributed by atoms with E-state index in [1.54, 1.807) is 0 Å². The summed E-state index contributed by atoms with van der Waals surface area (Å²) in [6.45, 7) is 12.8. The molecular formula is C15H25ClN2. The number of halogens is 1. The molecule has 0 aromatic heterocycles. The molecule has 0 heterocycles. The highest BCUT2D eigenvalue weighted by Crippen LogP contribution is 2.30. The minimum Gasteiger partial charge on any atom is -0.368 e. The quantitative estimate of drug-likeness (QED) is 0.830. The molecule has 1 aromatic rings. The smallest absolute Gasteiger partial charge is 0.0642 e. The molecular weight excluding hydrogens is 244 g/mol. The van der Waals surface area contributed by atoms with Crippen LogP contribution in [0.1, 0.15) is 46.2 Å². The summed E-state index contributed by atoms with van der Waals surface area (Å²) in [5, 5.41) is 4.24. The van der Waals surface area contributed by atoms with Gasteiger partial charge in [-0.15, -0.1) is 0 Å². The molecule has 0 saturated carbocycles. The molecule has 1 N–H and O–H groups in total. The number of anilines is 1. The second-order valence-electron chi connectivity index (χ2n) is 4.87. The van der Waals surface area contributed by atoms with Crippen molar-refractivity contribution in [2.24, 2.45) is 0 Å². The molecule has 0 aliphatic heterocycles. The van der Waals surface area contributed by atoms with Crippen molar-refractivity contribution in [2.45, 2.75) is 46.7 Å². The third kappa shape index (κ3) is 3.63. The minimum atomic E-state index is 0.343. The third-order valence-electron chi connectivity index (χ3n) is 3.26. The van der Waals surface area contributed by atoms with Crippen LogP contribution < -0.4 is 10.2 Å². The number of benzene rings is 1. The van der Waals surface area contributed by atoms with E-state index in [4.69, 9.17) is 11.6 Å². The van der Waals surface area contributed by atoms with Crippen LogP contribution in [0, 0.1) is 0 Å². The summed E-state index contributed by atoms with van der Waals surface area (Å²) in [6.07, 6.45) is 0. The Labute approximate surface area is 116 Å². The van der Waals surface area contributed by atoms with Gasteiger partial charge in [-0.25, -0.2) is 0 Å². The largest absolute Gasteiger partial charge is 0.368 e. The van der Waals surface area contributed by atoms with E-state index < -0.39 is 0 Å². The van der Waals surface area contributed by atoms with E-state index >= 15 is 0 Å². The van der Waals surface area contributed by atoms with Gasteiger partial charge in [-0.1, -0.05) is 24.6 Å². The number of nitrogens with one attached hydrogen (secondary N) is 1. The van der Waals surface area contributed by atoms with E-state index in [2.05, 4.69) is 63.0 Å². The monoisotopic (exact) mass is 268 g/mol. The first kappa shape index (κ1) is 15.3. The normalized spacial score (nSPS) is 12.8. The lowest BCUT2D eigenvalue weighted by atomic mass is 10.1. The van der Waals surface area contributed by atoms with Gasteiger partial charge in [0.2, 0.25) is 0 Å². The zero-order chi connectivity index (χ0) is 13.7. The fourth-order valence-electron chi connectivity index (χ4n) is 2.26. The molecule has 2 nitrogen and oxygen atoms in total. The van der Waals surface area contributed by atoms with Crippen molar-refractivity contribution < 1.29 is 0 Å². The number of hydrogen-bond acceptors (Lipinski definition) is 2. The summed E-state index contributed by atoms with van der Waals surface area (Å²) in [5.74, 6) is 0. The van der Waals surface area contributed by atoms with Crippen LogP contribution in [0.4, 0.5) is 5.69 Å². The Morgan fingerprint density at radius 3 is 2.33 bits per heavy atom. The summed E-state index contributed by atoms with van der Waals surface area (Å²) in [4.78, 5) is 2.31. The van der Waals surface area contributed by atoms with E-state index in [1.807, 2.05) is 0 Å². The highest BCUT2D eigenvalue weighted by molar-refractivity contribution is 6.33. The molecule has 0 amide bonds. The topological polar surface area (TPSA) is 15.3 Å². The van der Waals surface area contributed by atoms with Gasteiger partial charge in [-0.3, -0.25) is 0 Å². The molecule has 1 unspecified atom stereocenters. The highest BCUT2D eigenvalue weighted by atomic mass is 35.5. The highest BCUT2D eigenvalue weighted by Gasteiger charge is 2.13. The van der Waals surface area contributed by atoms with Crippen LogP contribution in [0.2, 0.25) is 5.02 Å². The fourth-order valence-corrected chi connectivity index (χ4v) is 2.56. The van der Waals surface area contributed by atoms with Crippen molar-refractivity contribution in [1.82, 2.24) is 5.32 Å². The lowest BCUT2D eigenvalue weighted by Crippen LogP contribution is -2.30. The van der Waals surface area contributed by atoms with Gasteiger partial charge in [0.05, 0.1) is 10.7 Å². The Hall–Kier alpha value is -0.730. The summed E-state index contributed by atoms with van der Waals surface area (Å²) in [5.41, 5.74) is 2.37. The zero-order valence-electron chi connectivity index (χ0n) is 12.1. The van der Waals surface area contributed by atoms with Crippen molar-refractivity contribution >= 4 is 17.3 Å². The van der Waals surface area contributed by atoms with Gasteiger partial charge < -0.3 is 10.2 Å². The van der Waals surface area contributed by atoms with Crippen LogP contribution in [0.5, 0.6) is 0 Å². The molecule has 0 spiro atoms. The van der Waals surface area contributed by atoms with Crippen molar-refractivity contribution in [1.29, 1.82) is 0 Å². The van der Waals surface area contributed by atoms with Gasteiger partial charge in [-0.05, 0) is 51.9 Å². The van der Waals surface area contributed by atoms with Crippen molar-refractivity contribution in [2.75, 3.05) is 18.0 Å². The molecule has 0 bridgehead atoms. The van der Waals surface area contributed by atoms with Crippen LogP contribution in [-0.4, -0.2) is 19.1 Å². The predicted octanol–water partition coefficient (Wildman–Crippen LogP) is 4.25. The molecule has 18 heavy (non-hydrogen) atoms. The number of hydrogen-bond donors (Lipinski definition) is 1. The van der Waals surface area contributed by atoms with Crippen molar-refractivity contribution in [3.63, 3.8) is 0 Å². The van der Waals surface area contributed by atoms with Crippen LogP contribution in [-0.2, 0) is 0 Å². The summed E-state index contributed by atoms with van der Waals surface area (Å²) in [6, 6.07) is 7.18. The molecule has 0 fully saturated rings. The summed E-state index contributed by atoms with van der Waals surface area (Å²) >= 11 is 6.42. The predicted molar refractivity (Wildman–Crippen MR) is 81.7 cm³/mol. The number of rotatable bonds is 6. The standard InChI is InChI=1S/C15H25ClN2/c1-6-17-12(5)13-8-9-15(14(16)10-13)18(7-2)11(3)4/h8-12,17H,6-7H2,1-5H3. The van der Waals surface area contributed by atoms with E-state index in [9.17, 15) is 0 Å². The maximum Gasteiger partial charge on any atom is 0.0642 e. The lowest BCUT2D eigenvalue weighted by molar-refractivity contribution is 0.598. The molecule has 1 aromatic carbocycles. The Kier molecular flexibility index (Phi) is 5.97. The van der Waals surface area contributed by atoms with Crippen molar-refractivity contribution in [3.05, 3.63) is 28.8 Å². The summed E-state index contributed by atoms with van der Waals surface area (Å²) in [7, 11) is 0. The second kappa shape index (κ2) is 7.01. The van der Waals surface area contributed by atoms with E-state index in [-0.39, 0.29) is 0 Å². The Bertz CT molecular complexity index is 377. The van der Waals surface area contributed by atoms with Gasteiger partial charge in [-0.2, -0.15) is 0 Å². The number of nitrogens with zero attached hydrogens (tertiary/aromatic N) is 1. The Morgan fingerprint density at radius 2 is 1.89 bits per heavy atom. The van der Waals surface area contributed by atoms with Gasteiger partial charge in [0.15, 0.2) is 0 Å². The van der Waals surface area contributed by atoms with E-state index in [1.165, 1.54) is 5.56 Å². The molecule has 1 atom stereocenters. The van der Waals surface area contributed by atoms with E-state index in [0.29, 0.717) is 12.1 Å². The lowest BCUT2D eigenvalue weighted by Gasteiger charge is -2.29. The van der Waals surface area contributed by atoms with Gasteiger partial charge in [0.1, 0.15) is 0 Å². The minimum absolute atomic E-state index is 0.343. The van der Waals surface area contributed by atoms with Crippen LogP contribution >= 0.6 is 11.6 Å². The molecule has 1 rings (SSSR count). The van der Waals surface area contributed by atoms with Crippen LogP contribution in [0.25, 0.3) is 0 Å². The molecule has 0 radical (unpaired) electrons. The maximum atomic E-state index is 6.42.